The minimum absolute atomic E-state index is 0.00129. The zero-order valence-corrected chi connectivity index (χ0v) is 17.1. The van der Waals surface area contributed by atoms with Crippen LogP contribution in [0.25, 0.3) is 0 Å². The van der Waals surface area contributed by atoms with Gasteiger partial charge in [0.1, 0.15) is 6.61 Å². The van der Waals surface area contributed by atoms with Crippen molar-refractivity contribution in [1.29, 1.82) is 0 Å². The Labute approximate surface area is 167 Å². The summed E-state index contributed by atoms with van der Waals surface area (Å²) in [6.07, 6.45) is 7.69. The van der Waals surface area contributed by atoms with Crippen LogP contribution in [0.15, 0.2) is 11.6 Å². The minimum atomic E-state index is -0.906. The van der Waals surface area contributed by atoms with E-state index in [0.29, 0.717) is 31.3 Å². The molecule has 0 radical (unpaired) electrons. The van der Waals surface area contributed by atoms with Crippen LogP contribution in [0.3, 0.4) is 0 Å². The average molecular weight is 391 g/mol. The normalized spacial score (nSPS) is 55.8. The molecule has 0 aromatic heterocycles. The topological polar surface area (TPSA) is 87.0 Å². The number of aliphatic hydroxyl groups excluding tert-OH is 2. The third-order valence-corrected chi connectivity index (χ3v) is 10.0. The Hall–Kier alpha value is -0.910. The summed E-state index contributed by atoms with van der Waals surface area (Å²) in [7, 11) is 0. The molecule has 4 aliphatic carbocycles. The highest BCUT2D eigenvalue weighted by atomic mass is 16.5. The molecule has 5 nitrogen and oxygen atoms in total. The highest BCUT2D eigenvalue weighted by molar-refractivity contribution is 5.85. The molecule has 4 saturated carbocycles. The largest absolute Gasteiger partial charge is 0.458 e. The molecule has 3 N–H and O–H groups in total. The maximum absolute atomic E-state index is 12.1. The van der Waals surface area contributed by atoms with Crippen LogP contribution in [0.4, 0.5) is 0 Å². The van der Waals surface area contributed by atoms with Gasteiger partial charge in [0.25, 0.3) is 0 Å². The van der Waals surface area contributed by atoms with Gasteiger partial charge in [0.2, 0.25) is 0 Å². The molecule has 0 aromatic rings. The molecule has 5 heteroatoms. The Balaban J connectivity index is 1.51. The zero-order chi connectivity index (χ0) is 19.9. The van der Waals surface area contributed by atoms with E-state index in [1.165, 1.54) is 0 Å². The van der Waals surface area contributed by atoms with Gasteiger partial charge in [-0.3, -0.25) is 0 Å². The van der Waals surface area contributed by atoms with Gasteiger partial charge in [-0.25, -0.2) is 4.79 Å². The summed E-state index contributed by atoms with van der Waals surface area (Å²) in [5.74, 6) is 0.657. The van der Waals surface area contributed by atoms with Gasteiger partial charge in [-0.15, -0.1) is 0 Å². The van der Waals surface area contributed by atoms with E-state index in [2.05, 4.69) is 6.92 Å². The van der Waals surface area contributed by atoms with Crippen molar-refractivity contribution in [2.75, 3.05) is 6.61 Å². The lowest BCUT2D eigenvalue weighted by Gasteiger charge is -2.64. The molecule has 0 amide bonds. The number of carbonyl (C=O) groups is 1. The third-order valence-electron chi connectivity index (χ3n) is 10.0. The smallest absolute Gasteiger partial charge is 0.331 e. The second kappa shape index (κ2) is 6.05. The molecule has 1 aliphatic heterocycles. The van der Waals surface area contributed by atoms with E-state index >= 15 is 0 Å². The van der Waals surface area contributed by atoms with Gasteiger partial charge in [0.15, 0.2) is 0 Å². The molecule has 0 aromatic carbocycles. The summed E-state index contributed by atoms with van der Waals surface area (Å²) in [6.45, 7) is 4.69. The highest BCUT2D eigenvalue weighted by Gasteiger charge is 2.70. The van der Waals surface area contributed by atoms with Crippen LogP contribution in [0.1, 0.15) is 65.2 Å². The number of carbonyl (C=O) groups excluding carboxylic acids is 1. The monoisotopic (exact) mass is 390 g/mol. The number of hydrogen-bond donors (Lipinski definition) is 3. The Morgan fingerprint density at radius 3 is 2.54 bits per heavy atom. The Morgan fingerprint density at radius 2 is 1.82 bits per heavy atom. The van der Waals surface area contributed by atoms with Crippen molar-refractivity contribution < 1.29 is 24.9 Å². The van der Waals surface area contributed by atoms with Gasteiger partial charge in [-0.05, 0) is 86.0 Å². The van der Waals surface area contributed by atoms with Gasteiger partial charge < -0.3 is 20.1 Å². The summed E-state index contributed by atoms with van der Waals surface area (Å²) in [4.78, 5) is 11.6. The van der Waals surface area contributed by atoms with Gasteiger partial charge >= 0.3 is 5.97 Å². The molecule has 0 unspecified atom stereocenters. The van der Waals surface area contributed by atoms with E-state index in [1.54, 1.807) is 6.08 Å². The molecule has 5 rings (SSSR count). The number of ether oxygens (including phenoxy) is 1. The van der Waals surface area contributed by atoms with Gasteiger partial charge in [-0.2, -0.15) is 0 Å². The minimum Gasteiger partial charge on any atom is -0.458 e. The lowest BCUT2D eigenvalue weighted by Crippen LogP contribution is -2.67. The molecule has 0 spiro atoms. The van der Waals surface area contributed by atoms with Crippen LogP contribution in [-0.2, 0) is 9.53 Å². The predicted octanol–water partition coefficient (Wildman–Crippen LogP) is 2.58. The number of aliphatic hydroxyl groups is 3. The van der Waals surface area contributed by atoms with Crippen molar-refractivity contribution in [2.45, 2.75) is 83.0 Å². The number of hydrogen-bond acceptors (Lipinski definition) is 5. The molecule has 28 heavy (non-hydrogen) atoms. The first-order valence-corrected chi connectivity index (χ1v) is 11.2. The fraction of sp³-hybridized carbons (Fsp3) is 0.870. The first-order chi connectivity index (χ1) is 13.2. The lowest BCUT2D eigenvalue weighted by molar-refractivity contribution is -0.244. The van der Waals surface area contributed by atoms with Crippen molar-refractivity contribution >= 4 is 5.97 Å². The number of rotatable bonds is 1. The Kier molecular flexibility index (Phi) is 4.12. The molecule has 4 fully saturated rings. The van der Waals surface area contributed by atoms with Gasteiger partial charge in [0.05, 0.1) is 17.8 Å². The van der Waals surface area contributed by atoms with E-state index in [9.17, 15) is 20.1 Å². The van der Waals surface area contributed by atoms with Gasteiger partial charge in [-0.1, -0.05) is 13.8 Å². The third kappa shape index (κ3) is 2.27. The lowest BCUT2D eigenvalue weighted by atomic mass is 9.42. The average Bonchev–Trinajstić information content (AvgIpc) is 3.19. The van der Waals surface area contributed by atoms with E-state index in [-0.39, 0.29) is 29.3 Å². The van der Waals surface area contributed by atoms with Crippen molar-refractivity contribution in [3.8, 4) is 0 Å². The summed E-state index contributed by atoms with van der Waals surface area (Å²) in [5, 5.41) is 33.7. The molecule has 0 saturated heterocycles. The second-order valence-corrected chi connectivity index (χ2v) is 10.8. The van der Waals surface area contributed by atoms with Crippen LogP contribution in [0.5, 0.6) is 0 Å². The van der Waals surface area contributed by atoms with Gasteiger partial charge in [0, 0.05) is 11.5 Å². The van der Waals surface area contributed by atoms with Crippen LogP contribution >= 0.6 is 0 Å². The first-order valence-electron chi connectivity index (χ1n) is 11.2. The SMILES string of the molecule is C[C@]12CC[C@@H](O)C[C@H]1CC[C@@H]1[C@@H]2C[C@H](O)[C@]2(C)[C@@H](C3=CC(=O)OC3)CC[C@@]12O. The highest BCUT2D eigenvalue weighted by Crippen LogP contribution is 2.69. The predicted molar refractivity (Wildman–Crippen MR) is 103 cm³/mol. The molecular formula is C23H34O5. The summed E-state index contributed by atoms with van der Waals surface area (Å²) >= 11 is 0. The standard InChI is InChI=1S/C23H34O5/c1-21-7-5-15(24)10-14(21)3-4-17-18(21)11-19(25)22(2)16(6-8-23(17,22)27)13-9-20(26)28-12-13/h9,14-19,24-25,27H,3-8,10-12H2,1-2H3/t14-,15-,16-,17-,18+,19+,21+,22+,23-/m1/s1. The van der Waals surface area contributed by atoms with Crippen LogP contribution in [0.2, 0.25) is 0 Å². The molecule has 5 aliphatic rings. The molecule has 1 heterocycles. The van der Waals surface area contributed by atoms with Crippen molar-refractivity contribution in [1.82, 2.24) is 0 Å². The second-order valence-electron chi connectivity index (χ2n) is 10.8. The Morgan fingerprint density at radius 1 is 1.04 bits per heavy atom. The molecule has 0 bridgehead atoms. The number of fused-ring (bicyclic) bond motifs is 5. The van der Waals surface area contributed by atoms with E-state index in [1.807, 2.05) is 6.92 Å². The molecule has 9 atom stereocenters. The van der Waals surface area contributed by atoms with E-state index in [0.717, 1.165) is 44.1 Å². The molecular weight excluding hydrogens is 356 g/mol. The maximum atomic E-state index is 12.1. The number of cyclic esters (lactones) is 1. The Bertz CT molecular complexity index is 718. The van der Waals surface area contributed by atoms with E-state index in [4.69, 9.17) is 4.74 Å². The fourth-order valence-corrected chi connectivity index (χ4v) is 8.37. The first kappa shape index (κ1) is 19.1. The van der Waals surface area contributed by atoms with Crippen molar-refractivity contribution in [3.63, 3.8) is 0 Å². The van der Waals surface area contributed by atoms with E-state index < -0.39 is 17.1 Å². The molecule has 156 valence electrons. The van der Waals surface area contributed by atoms with Crippen molar-refractivity contribution in [2.24, 2.45) is 34.5 Å². The van der Waals surface area contributed by atoms with Crippen molar-refractivity contribution in [3.05, 3.63) is 11.6 Å². The zero-order valence-electron chi connectivity index (χ0n) is 17.1. The summed E-state index contributed by atoms with van der Waals surface area (Å²) in [5.41, 5.74) is -0.507. The van der Waals surface area contributed by atoms with Crippen LogP contribution in [-0.4, -0.2) is 45.7 Å². The van der Waals surface area contributed by atoms with Crippen LogP contribution < -0.4 is 0 Å². The quantitative estimate of drug-likeness (QED) is 0.599. The van der Waals surface area contributed by atoms with Crippen LogP contribution in [0, 0.1) is 34.5 Å². The maximum Gasteiger partial charge on any atom is 0.331 e. The fourth-order valence-electron chi connectivity index (χ4n) is 8.37. The summed E-state index contributed by atoms with van der Waals surface area (Å²) < 4.78 is 5.16. The number of esters is 1. The summed E-state index contributed by atoms with van der Waals surface area (Å²) in [6, 6.07) is 0.